The summed E-state index contributed by atoms with van der Waals surface area (Å²) in [6.07, 6.45) is 2.91. The van der Waals surface area contributed by atoms with E-state index in [1.54, 1.807) is 0 Å². The number of rotatable bonds is 1. The highest BCUT2D eigenvalue weighted by molar-refractivity contribution is 4.94. The Morgan fingerprint density at radius 2 is 2.12 bits per heavy atom. The number of aliphatic hydroxyl groups excluding tert-OH is 1. The summed E-state index contributed by atoms with van der Waals surface area (Å²) in [4.78, 5) is 2.55. The molecule has 1 aliphatic carbocycles. The maximum Gasteiger partial charge on any atom is 0.0619 e. The van der Waals surface area contributed by atoms with Gasteiger partial charge in [-0.1, -0.05) is 13.8 Å². The molecule has 3 atom stereocenters. The number of ether oxygens (including phenoxy) is 1. The molecule has 94 valence electrons. The molecule has 3 heteroatoms. The second kappa shape index (κ2) is 4.63. The van der Waals surface area contributed by atoms with Crippen LogP contribution in [0.2, 0.25) is 0 Å². The van der Waals surface area contributed by atoms with Gasteiger partial charge in [-0.2, -0.15) is 0 Å². The lowest BCUT2D eigenvalue weighted by Gasteiger charge is -2.50. The average Bonchev–Trinajstić information content (AvgIpc) is 2.23. The van der Waals surface area contributed by atoms with E-state index in [-0.39, 0.29) is 6.10 Å². The number of morpholine rings is 1. The minimum atomic E-state index is -0.104. The standard InChI is InChI=1S/C13H25NO2/c1-10-9-16-7-6-14(10)12-8-11(15)4-5-13(12,2)3/h10-12,15H,4-9H2,1-3H3. The van der Waals surface area contributed by atoms with Gasteiger partial charge in [-0.25, -0.2) is 0 Å². The lowest BCUT2D eigenvalue weighted by atomic mass is 9.71. The van der Waals surface area contributed by atoms with Gasteiger partial charge in [0, 0.05) is 18.6 Å². The normalized spacial score (nSPS) is 40.9. The van der Waals surface area contributed by atoms with Crippen LogP contribution in [0.4, 0.5) is 0 Å². The zero-order valence-electron chi connectivity index (χ0n) is 10.8. The van der Waals surface area contributed by atoms with E-state index in [0.29, 0.717) is 17.5 Å². The van der Waals surface area contributed by atoms with E-state index < -0.39 is 0 Å². The summed E-state index contributed by atoms with van der Waals surface area (Å²) >= 11 is 0. The maximum atomic E-state index is 9.87. The third-order valence-electron chi connectivity index (χ3n) is 4.34. The summed E-state index contributed by atoms with van der Waals surface area (Å²) in [5, 5.41) is 9.87. The van der Waals surface area contributed by atoms with E-state index in [4.69, 9.17) is 4.74 Å². The van der Waals surface area contributed by atoms with Crippen molar-refractivity contribution in [1.82, 2.24) is 4.90 Å². The van der Waals surface area contributed by atoms with Crippen LogP contribution in [0.25, 0.3) is 0 Å². The lowest BCUT2D eigenvalue weighted by Crippen LogP contribution is -2.57. The first-order valence-electron chi connectivity index (χ1n) is 6.52. The van der Waals surface area contributed by atoms with Gasteiger partial charge in [0.1, 0.15) is 0 Å². The lowest BCUT2D eigenvalue weighted by molar-refractivity contribution is -0.0802. The van der Waals surface area contributed by atoms with Crippen LogP contribution in [0.15, 0.2) is 0 Å². The molecule has 16 heavy (non-hydrogen) atoms. The van der Waals surface area contributed by atoms with Gasteiger partial charge < -0.3 is 9.84 Å². The molecule has 0 aromatic carbocycles. The van der Waals surface area contributed by atoms with Crippen molar-refractivity contribution in [3.05, 3.63) is 0 Å². The summed E-state index contributed by atoms with van der Waals surface area (Å²) in [7, 11) is 0. The fraction of sp³-hybridized carbons (Fsp3) is 1.00. The molecule has 0 spiro atoms. The Bertz CT molecular complexity index is 242. The number of hydrogen-bond donors (Lipinski definition) is 1. The molecule has 0 bridgehead atoms. The van der Waals surface area contributed by atoms with Gasteiger partial charge in [-0.3, -0.25) is 4.90 Å². The number of nitrogens with zero attached hydrogens (tertiary/aromatic N) is 1. The highest BCUT2D eigenvalue weighted by atomic mass is 16.5. The van der Waals surface area contributed by atoms with Crippen LogP contribution in [0.5, 0.6) is 0 Å². The molecule has 0 aromatic rings. The summed E-state index contributed by atoms with van der Waals surface area (Å²) < 4.78 is 5.49. The topological polar surface area (TPSA) is 32.7 Å². The van der Waals surface area contributed by atoms with E-state index >= 15 is 0 Å². The predicted molar refractivity (Wildman–Crippen MR) is 64.4 cm³/mol. The second-order valence-corrected chi connectivity index (χ2v) is 6.09. The van der Waals surface area contributed by atoms with E-state index in [2.05, 4.69) is 25.7 Å². The average molecular weight is 227 g/mol. The quantitative estimate of drug-likeness (QED) is 0.739. The smallest absolute Gasteiger partial charge is 0.0619 e. The molecule has 0 amide bonds. The minimum absolute atomic E-state index is 0.104. The Morgan fingerprint density at radius 3 is 2.81 bits per heavy atom. The first kappa shape index (κ1) is 12.3. The van der Waals surface area contributed by atoms with Crippen LogP contribution < -0.4 is 0 Å². The predicted octanol–water partition coefficient (Wildman–Crippen LogP) is 1.65. The number of aliphatic hydroxyl groups is 1. The molecule has 3 nitrogen and oxygen atoms in total. The second-order valence-electron chi connectivity index (χ2n) is 6.09. The van der Waals surface area contributed by atoms with Crippen molar-refractivity contribution >= 4 is 0 Å². The van der Waals surface area contributed by atoms with Crippen LogP contribution in [-0.4, -0.2) is 48.0 Å². The van der Waals surface area contributed by atoms with Crippen LogP contribution in [0.1, 0.15) is 40.0 Å². The fourth-order valence-electron chi connectivity index (χ4n) is 3.19. The zero-order valence-corrected chi connectivity index (χ0v) is 10.8. The van der Waals surface area contributed by atoms with Crippen LogP contribution in [-0.2, 0) is 4.74 Å². The Kier molecular flexibility index (Phi) is 3.57. The van der Waals surface area contributed by atoms with Gasteiger partial charge in [0.15, 0.2) is 0 Å². The molecule has 1 aliphatic heterocycles. The molecule has 1 N–H and O–H groups in total. The molecule has 1 saturated heterocycles. The first-order valence-corrected chi connectivity index (χ1v) is 6.52. The van der Waals surface area contributed by atoms with E-state index in [1.807, 2.05) is 0 Å². The van der Waals surface area contributed by atoms with Gasteiger partial charge in [0.05, 0.1) is 19.3 Å². The van der Waals surface area contributed by atoms with Gasteiger partial charge in [-0.05, 0) is 31.6 Å². The first-order chi connectivity index (χ1) is 7.50. The highest BCUT2D eigenvalue weighted by Gasteiger charge is 2.41. The minimum Gasteiger partial charge on any atom is -0.393 e. The molecule has 2 rings (SSSR count). The molecule has 1 heterocycles. The van der Waals surface area contributed by atoms with Crippen molar-refractivity contribution in [2.75, 3.05) is 19.8 Å². The molecular formula is C13H25NO2. The molecule has 0 aromatic heterocycles. The molecule has 2 fully saturated rings. The summed E-state index contributed by atoms with van der Waals surface area (Å²) in [6.45, 7) is 9.60. The Labute approximate surface area is 98.8 Å². The van der Waals surface area contributed by atoms with E-state index in [1.165, 1.54) is 0 Å². The van der Waals surface area contributed by atoms with E-state index in [0.717, 1.165) is 39.0 Å². The third kappa shape index (κ3) is 2.41. The van der Waals surface area contributed by atoms with Gasteiger partial charge >= 0.3 is 0 Å². The summed E-state index contributed by atoms with van der Waals surface area (Å²) in [5.74, 6) is 0. The van der Waals surface area contributed by atoms with Crippen molar-refractivity contribution in [2.45, 2.75) is 58.2 Å². The fourth-order valence-corrected chi connectivity index (χ4v) is 3.19. The zero-order chi connectivity index (χ0) is 11.8. The van der Waals surface area contributed by atoms with E-state index in [9.17, 15) is 5.11 Å². The van der Waals surface area contributed by atoms with Crippen LogP contribution >= 0.6 is 0 Å². The maximum absolute atomic E-state index is 9.87. The summed E-state index contributed by atoms with van der Waals surface area (Å²) in [5.41, 5.74) is 0.324. The Balaban J connectivity index is 2.09. The monoisotopic (exact) mass is 227 g/mol. The highest BCUT2D eigenvalue weighted by Crippen LogP contribution is 2.39. The van der Waals surface area contributed by atoms with Crippen molar-refractivity contribution < 1.29 is 9.84 Å². The molecule has 2 aliphatic rings. The molecular weight excluding hydrogens is 202 g/mol. The van der Waals surface area contributed by atoms with Crippen molar-refractivity contribution in [2.24, 2.45) is 5.41 Å². The van der Waals surface area contributed by atoms with Gasteiger partial charge in [0.2, 0.25) is 0 Å². The SMILES string of the molecule is CC1COCCN1C1CC(O)CCC1(C)C. The Hall–Kier alpha value is -0.120. The largest absolute Gasteiger partial charge is 0.393 e. The summed E-state index contributed by atoms with van der Waals surface area (Å²) in [6, 6.07) is 0.999. The van der Waals surface area contributed by atoms with Crippen molar-refractivity contribution in [3.8, 4) is 0 Å². The third-order valence-corrected chi connectivity index (χ3v) is 4.34. The molecule has 0 radical (unpaired) electrons. The molecule has 3 unspecified atom stereocenters. The van der Waals surface area contributed by atoms with Crippen LogP contribution in [0, 0.1) is 5.41 Å². The molecule has 1 saturated carbocycles. The van der Waals surface area contributed by atoms with Gasteiger partial charge in [0.25, 0.3) is 0 Å². The number of hydrogen-bond acceptors (Lipinski definition) is 3. The Morgan fingerprint density at radius 1 is 1.38 bits per heavy atom. The van der Waals surface area contributed by atoms with Gasteiger partial charge in [-0.15, -0.1) is 0 Å². The van der Waals surface area contributed by atoms with Crippen molar-refractivity contribution in [1.29, 1.82) is 0 Å². The van der Waals surface area contributed by atoms with Crippen LogP contribution in [0.3, 0.4) is 0 Å². The van der Waals surface area contributed by atoms with Crippen molar-refractivity contribution in [3.63, 3.8) is 0 Å².